The Morgan fingerprint density at radius 1 is 1.16 bits per heavy atom. The number of para-hydroxylation sites is 2. The molecule has 1 saturated heterocycles. The molecule has 0 spiro atoms. The molecule has 0 saturated carbocycles. The lowest BCUT2D eigenvalue weighted by atomic mass is 10.2. The molecule has 0 radical (unpaired) electrons. The lowest BCUT2D eigenvalue weighted by Crippen LogP contribution is -2.35. The van der Waals surface area contributed by atoms with E-state index in [0.717, 1.165) is 16.6 Å². The average Bonchev–Trinajstić information content (AvgIpc) is 3.19. The summed E-state index contributed by atoms with van der Waals surface area (Å²) in [7, 11) is 1.52. The third-order valence-corrected chi connectivity index (χ3v) is 4.37. The van der Waals surface area contributed by atoms with E-state index >= 15 is 0 Å². The number of anilines is 2. The van der Waals surface area contributed by atoms with Crippen molar-refractivity contribution in [2.24, 2.45) is 0 Å². The Hall–Kier alpha value is -3.28. The zero-order valence-electron chi connectivity index (χ0n) is 13.7. The number of aromatic amines is 1. The Labute approximate surface area is 144 Å². The van der Waals surface area contributed by atoms with Crippen molar-refractivity contribution in [3.8, 4) is 5.75 Å². The van der Waals surface area contributed by atoms with Crippen LogP contribution in [0.4, 0.5) is 11.4 Å². The first-order chi connectivity index (χ1) is 12.2. The molecule has 1 aromatic heterocycles. The molecule has 2 heterocycles. The number of fused-ring (bicyclic) bond motifs is 1. The van der Waals surface area contributed by atoms with Crippen LogP contribution in [0.5, 0.6) is 5.75 Å². The van der Waals surface area contributed by atoms with Gasteiger partial charge in [0.1, 0.15) is 11.8 Å². The number of imide groups is 1. The van der Waals surface area contributed by atoms with Crippen molar-refractivity contribution < 1.29 is 14.3 Å². The molecule has 2 amide bonds. The second-order valence-electron chi connectivity index (χ2n) is 5.92. The van der Waals surface area contributed by atoms with Crippen molar-refractivity contribution in [2.45, 2.75) is 12.5 Å². The van der Waals surface area contributed by atoms with E-state index < -0.39 is 6.04 Å². The van der Waals surface area contributed by atoms with E-state index in [1.165, 1.54) is 12.0 Å². The minimum Gasteiger partial charge on any atom is -0.495 e. The number of benzene rings is 2. The average molecular weight is 335 g/mol. The van der Waals surface area contributed by atoms with Gasteiger partial charge in [-0.15, -0.1) is 0 Å². The summed E-state index contributed by atoms with van der Waals surface area (Å²) in [6.07, 6.45) is 1.97. The van der Waals surface area contributed by atoms with Gasteiger partial charge < -0.3 is 15.0 Å². The number of hydrogen-bond donors (Lipinski definition) is 2. The number of carbonyl (C=O) groups excluding carboxylic acids is 2. The molecule has 0 aliphatic carbocycles. The highest BCUT2D eigenvalue weighted by Crippen LogP contribution is 2.32. The van der Waals surface area contributed by atoms with Gasteiger partial charge in [-0.05, 0) is 35.7 Å². The van der Waals surface area contributed by atoms with E-state index in [1.807, 2.05) is 30.5 Å². The van der Waals surface area contributed by atoms with Gasteiger partial charge in [-0.1, -0.05) is 18.2 Å². The Morgan fingerprint density at radius 2 is 2.00 bits per heavy atom. The Kier molecular flexibility index (Phi) is 3.65. The molecule has 1 aliphatic heterocycles. The van der Waals surface area contributed by atoms with E-state index in [4.69, 9.17) is 4.74 Å². The van der Waals surface area contributed by atoms with Gasteiger partial charge in [0.15, 0.2) is 0 Å². The van der Waals surface area contributed by atoms with Gasteiger partial charge in [-0.2, -0.15) is 0 Å². The number of carbonyl (C=O) groups is 2. The van der Waals surface area contributed by atoms with Crippen LogP contribution in [0.3, 0.4) is 0 Å². The lowest BCUT2D eigenvalue weighted by molar-refractivity contribution is -0.121. The Balaban J connectivity index is 1.60. The van der Waals surface area contributed by atoms with E-state index in [0.29, 0.717) is 11.4 Å². The smallest absolute Gasteiger partial charge is 0.256 e. The van der Waals surface area contributed by atoms with Gasteiger partial charge in [0, 0.05) is 17.4 Å². The first-order valence-electron chi connectivity index (χ1n) is 8.01. The summed E-state index contributed by atoms with van der Waals surface area (Å²) in [5, 5.41) is 4.26. The summed E-state index contributed by atoms with van der Waals surface area (Å²) in [6, 6.07) is 14.2. The highest BCUT2D eigenvalue weighted by molar-refractivity contribution is 6.23. The Morgan fingerprint density at radius 3 is 2.84 bits per heavy atom. The number of rotatable bonds is 4. The fourth-order valence-electron chi connectivity index (χ4n) is 3.15. The number of aromatic nitrogens is 1. The SMILES string of the molecule is COc1ccccc1N1C(=O)C[C@H](Nc2ccc3cc[nH]c3c2)C1=O. The zero-order chi connectivity index (χ0) is 17.4. The predicted octanol–water partition coefficient (Wildman–Crippen LogP) is 2.92. The molecule has 4 rings (SSSR count). The van der Waals surface area contributed by atoms with Gasteiger partial charge in [0.25, 0.3) is 5.91 Å². The lowest BCUT2D eigenvalue weighted by Gasteiger charge is -2.18. The number of H-pyrrole nitrogens is 1. The zero-order valence-corrected chi connectivity index (χ0v) is 13.7. The number of ether oxygens (including phenoxy) is 1. The molecule has 2 aromatic carbocycles. The van der Waals surface area contributed by atoms with Gasteiger partial charge in [0.05, 0.1) is 19.2 Å². The summed E-state index contributed by atoms with van der Waals surface area (Å²) in [6.45, 7) is 0. The highest BCUT2D eigenvalue weighted by Gasteiger charge is 2.40. The van der Waals surface area contributed by atoms with Gasteiger partial charge >= 0.3 is 0 Å². The summed E-state index contributed by atoms with van der Waals surface area (Å²) < 4.78 is 5.28. The number of nitrogens with zero attached hydrogens (tertiary/aromatic N) is 1. The highest BCUT2D eigenvalue weighted by atomic mass is 16.5. The molecule has 2 N–H and O–H groups in total. The normalized spacial score (nSPS) is 17.3. The molecule has 6 nitrogen and oxygen atoms in total. The second kappa shape index (κ2) is 5.98. The minimum absolute atomic E-state index is 0.111. The van der Waals surface area contributed by atoms with Crippen LogP contribution in [-0.4, -0.2) is 29.9 Å². The van der Waals surface area contributed by atoms with Gasteiger partial charge in [-0.3, -0.25) is 9.59 Å². The maximum atomic E-state index is 12.8. The van der Waals surface area contributed by atoms with Crippen LogP contribution in [0.2, 0.25) is 0 Å². The first-order valence-corrected chi connectivity index (χ1v) is 8.01. The van der Waals surface area contributed by atoms with Crippen LogP contribution < -0.4 is 15.0 Å². The maximum Gasteiger partial charge on any atom is 0.256 e. The topological polar surface area (TPSA) is 74.4 Å². The third kappa shape index (κ3) is 2.61. The summed E-state index contributed by atoms with van der Waals surface area (Å²) in [5.74, 6) is -0.0216. The monoisotopic (exact) mass is 335 g/mol. The van der Waals surface area contributed by atoms with Crippen LogP contribution in [0.1, 0.15) is 6.42 Å². The van der Waals surface area contributed by atoms with Crippen molar-refractivity contribution in [3.63, 3.8) is 0 Å². The summed E-state index contributed by atoms with van der Waals surface area (Å²) in [5.41, 5.74) is 2.25. The molecule has 3 aromatic rings. The molecule has 1 fully saturated rings. The largest absolute Gasteiger partial charge is 0.495 e. The molecule has 1 atom stereocenters. The van der Waals surface area contributed by atoms with Crippen LogP contribution in [0, 0.1) is 0 Å². The molecule has 1 aliphatic rings. The quantitative estimate of drug-likeness (QED) is 0.719. The molecule has 0 unspecified atom stereocenters. The molecule has 25 heavy (non-hydrogen) atoms. The summed E-state index contributed by atoms with van der Waals surface area (Å²) in [4.78, 5) is 29.5. The van der Waals surface area contributed by atoms with Crippen LogP contribution >= 0.6 is 0 Å². The third-order valence-electron chi connectivity index (χ3n) is 4.37. The molecule has 126 valence electrons. The molecular formula is C19H17N3O3. The fraction of sp³-hybridized carbons (Fsp3) is 0.158. The minimum atomic E-state index is -0.593. The van der Waals surface area contributed by atoms with Gasteiger partial charge in [-0.25, -0.2) is 4.90 Å². The van der Waals surface area contributed by atoms with Crippen molar-refractivity contribution in [2.75, 3.05) is 17.3 Å². The van der Waals surface area contributed by atoms with Crippen LogP contribution in [-0.2, 0) is 9.59 Å². The van der Waals surface area contributed by atoms with E-state index in [9.17, 15) is 9.59 Å². The molecular weight excluding hydrogens is 318 g/mol. The second-order valence-corrected chi connectivity index (χ2v) is 5.92. The van der Waals surface area contributed by atoms with Crippen molar-refractivity contribution in [3.05, 3.63) is 54.7 Å². The predicted molar refractivity (Wildman–Crippen MR) is 95.8 cm³/mol. The van der Waals surface area contributed by atoms with E-state index in [2.05, 4.69) is 10.3 Å². The number of nitrogens with one attached hydrogen (secondary N) is 2. The maximum absolute atomic E-state index is 12.8. The Bertz CT molecular complexity index is 963. The van der Waals surface area contributed by atoms with Crippen LogP contribution in [0.25, 0.3) is 10.9 Å². The standard InChI is InChI=1S/C19H17N3O3/c1-25-17-5-3-2-4-16(17)22-18(23)11-15(19(22)24)21-13-7-6-12-8-9-20-14(12)10-13/h2-10,15,20-21H,11H2,1H3/t15-/m0/s1. The fourth-order valence-corrected chi connectivity index (χ4v) is 3.15. The van der Waals surface area contributed by atoms with E-state index in [1.54, 1.807) is 24.3 Å². The van der Waals surface area contributed by atoms with Crippen molar-refractivity contribution in [1.82, 2.24) is 4.98 Å². The number of methoxy groups -OCH3 is 1. The molecule has 6 heteroatoms. The van der Waals surface area contributed by atoms with Crippen molar-refractivity contribution in [1.29, 1.82) is 0 Å². The number of hydrogen-bond acceptors (Lipinski definition) is 4. The first kappa shape index (κ1) is 15.3. The van der Waals surface area contributed by atoms with Gasteiger partial charge in [0.2, 0.25) is 5.91 Å². The summed E-state index contributed by atoms with van der Waals surface area (Å²) >= 11 is 0. The van der Waals surface area contributed by atoms with Crippen LogP contribution in [0.15, 0.2) is 54.7 Å². The van der Waals surface area contributed by atoms with E-state index in [-0.39, 0.29) is 18.2 Å². The number of amides is 2. The van der Waals surface area contributed by atoms with Crippen molar-refractivity contribution >= 4 is 34.1 Å². The molecule has 0 bridgehead atoms.